The highest BCUT2D eigenvalue weighted by atomic mass is 16.6. The molecule has 0 amide bonds. The van der Waals surface area contributed by atoms with Gasteiger partial charge in [-0.1, -0.05) is 60.6 Å². The summed E-state index contributed by atoms with van der Waals surface area (Å²) in [6.07, 6.45) is 1.26. The molecule has 0 aromatic heterocycles. The number of carbonyl (C=O) groups is 3. The lowest BCUT2D eigenvalue weighted by Gasteiger charge is -2.48. The number of allylic oxidation sites excluding steroid dienone is 1. The van der Waals surface area contributed by atoms with Gasteiger partial charge in [-0.25, -0.2) is 0 Å². The molecule has 0 radical (unpaired) electrons. The zero-order valence-electron chi connectivity index (χ0n) is 23.9. The molecule has 9 atom stereocenters. The van der Waals surface area contributed by atoms with E-state index in [1.165, 1.54) is 0 Å². The Kier molecular flexibility index (Phi) is 7.07. The Bertz CT molecular complexity index is 1090. The minimum Gasteiger partial charge on any atom is -0.461 e. The second kappa shape index (κ2) is 9.27. The zero-order chi connectivity index (χ0) is 28.6. The second-order valence-corrected chi connectivity index (χ2v) is 13.1. The van der Waals surface area contributed by atoms with Crippen LogP contribution in [0.1, 0.15) is 74.7 Å². The molecule has 38 heavy (non-hydrogen) atoms. The first kappa shape index (κ1) is 29.0. The Morgan fingerprint density at radius 1 is 1.16 bits per heavy atom. The van der Waals surface area contributed by atoms with Crippen LogP contribution in [0.5, 0.6) is 0 Å². The molecule has 212 valence electrons. The molecule has 3 N–H and O–H groups in total. The van der Waals surface area contributed by atoms with Crippen molar-refractivity contribution in [1.29, 1.82) is 0 Å². The molecule has 0 aromatic carbocycles. The monoisotopic (exact) mass is 532 g/mol. The number of rotatable bonds is 7. The molecular weight excluding hydrogens is 488 g/mol. The van der Waals surface area contributed by atoms with Crippen molar-refractivity contribution in [2.45, 2.75) is 98.1 Å². The van der Waals surface area contributed by atoms with Crippen LogP contribution < -0.4 is 0 Å². The van der Waals surface area contributed by atoms with E-state index in [0.717, 1.165) is 0 Å². The SMILES string of the molecule is CCCC(=O)O[C@@]12CC(C)C34C=C(C)[C@H](O)[C@@]3(O)[C@H](O)C(COC(=O)C(C)C(C)C)=C[C@H](C4=O)[C@@H]1C2(C)C. The number of hydrogen-bond donors (Lipinski definition) is 3. The van der Waals surface area contributed by atoms with E-state index in [0.29, 0.717) is 18.4 Å². The molecular formula is C30H44O8. The van der Waals surface area contributed by atoms with Crippen molar-refractivity contribution in [3.63, 3.8) is 0 Å². The topological polar surface area (TPSA) is 130 Å². The number of aliphatic hydroxyl groups excluding tert-OH is 2. The fourth-order valence-corrected chi connectivity index (χ4v) is 7.73. The maximum absolute atomic E-state index is 14.5. The van der Waals surface area contributed by atoms with Crippen LogP contribution in [-0.4, -0.2) is 63.1 Å². The largest absolute Gasteiger partial charge is 0.461 e. The van der Waals surface area contributed by atoms with E-state index >= 15 is 0 Å². The standard InChI is InChI=1S/C30H44O8/c1-9-10-21(31)38-29-13-17(5)28-12-16(4)23(32)30(28,36)24(33)19(14-37-26(35)18(6)15(2)3)11-20(25(28)34)22(29)27(29,7)8/h11-12,15,17-18,20,22-24,32-33,36H,9-10,13-14H2,1-8H3/t17?,18?,20-,22+,23-,24+,28?,29-,30+/m0/s1. The molecule has 1 spiro atoms. The summed E-state index contributed by atoms with van der Waals surface area (Å²) in [4.78, 5) is 40.0. The van der Waals surface area contributed by atoms with E-state index in [2.05, 4.69) is 0 Å². The molecule has 2 fully saturated rings. The summed E-state index contributed by atoms with van der Waals surface area (Å²) in [7, 11) is 0. The molecule has 8 heteroatoms. The van der Waals surface area contributed by atoms with Crippen molar-refractivity contribution in [1.82, 2.24) is 0 Å². The third-order valence-corrected chi connectivity index (χ3v) is 10.4. The van der Waals surface area contributed by atoms with Crippen molar-refractivity contribution in [2.75, 3.05) is 6.61 Å². The summed E-state index contributed by atoms with van der Waals surface area (Å²) in [5.74, 6) is -3.22. The molecule has 8 nitrogen and oxygen atoms in total. The fourth-order valence-electron chi connectivity index (χ4n) is 7.73. The van der Waals surface area contributed by atoms with Crippen molar-refractivity contribution >= 4 is 17.7 Å². The number of ketones is 1. The minimum absolute atomic E-state index is 0.0438. The maximum atomic E-state index is 14.5. The van der Waals surface area contributed by atoms with Crippen molar-refractivity contribution in [2.24, 2.45) is 40.4 Å². The van der Waals surface area contributed by atoms with Crippen LogP contribution in [0.15, 0.2) is 23.3 Å². The predicted octanol–water partition coefficient (Wildman–Crippen LogP) is 3.12. The summed E-state index contributed by atoms with van der Waals surface area (Å²) in [6, 6.07) is 0. The molecule has 0 heterocycles. The van der Waals surface area contributed by atoms with Gasteiger partial charge >= 0.3 is 11.9 Å². The number of carbonyl (C=O) groups excluding carboxylic acids is 3. The minimum atomic E-state index is -2.26. The van der Waals surface area contributed by atoms with Gasteiger partial charge in [0.2, 0.25) is 0 Å². The van der Waals surface area contributed by atoms with Gasteiger partial charge in [0.25, 0.3) is 0 Å². The van der Waals surface area contributed by atoms with Crippen molar-refractivity contribution < 1.29 is 39.2 Å². The average Bonchev–Trinajstić information content (AvgIpc) is 3.25. The van der Waals surface area contributed by atoms with Crippen LogP contribution in [0.25, 0.3) is 0 Å². The lowest BCUT2D eigenvalue weighted by Crippen LogP contribution is -2.65. The number of aliphatic hydroxyl groups is 3. The van der Waals surface area contributed by atoms with E-state index in [9.17, 15) is 29.7 Å². The third-order valence-electron chi connectivity index (χ3n) is 10.4. The smallest absolute Gasteiger partial charge is 0.309 e. The second-order valence-electron chi connectivity index (χ2n) is 13.1. The van der Waals surface area contributed by atoms with Gasteiger partial charge in [-0.3, -0.25) is 14.4 Å². The molecule has 3 unspecified atom stereocenters. The molecule has 4 aliphatic carbocycles. The first-order valence-electron chi connectivity index (χ1n) is 14.0. The number of hydrogen-bond acceptors (Lipinski definition) is 8. The molecule has 4 aliphatic rings. The Labute approximate surface area is 225 Å². The summed E-state index contributed by atoms with van der Waals surface area (Å²) in [5.41, 5.74) is -4.79. The first-order chi connectivity index (χ1) is 17.5. The van der Waals surface area contributed by atoms with Crippen LogP contribution in [0.4, 0.5) is 0 Å². The third kappa shape index (κ3) is 3.62. The van der Waals surface area contributed by atoms with Crippen molar-refractivity contribution in [3.05, 3.63) is 23.3 Å². The highest BCUT2D eigenvalue weighted by molar-refractivity contribution is 5.96. The summed E-state index contributed by atoms with van der Waals surface area (Å²) < 4.78 is 11.7. The van der Waals surface area contributed by atoms with Gasteiger partial charge in [-0.15, -0.1) is 0 Å². The number of ether oxygens (including phenoxy) is 2. The number of fused-ring (bicyclic) bond motifs is 3. The normalized spacial score (nSPS) is 41.7. The average molecular weight is 533 g/mol. The van der Waals surface area contributed by atoms with Crippen LogP contribution in [-0.2, 0) is 23.9 Å². The molecule has 0 saturated heterocycles. The van der Waals surface area contributed by atoms with Gasteiger partial charge in [0, 0.05) is 23.7 Å². The summed E-state index contributed by atoms with van der Waals surface area (Å²) >= 11 is 0. The lowest BCUT2D eigenvalue weighted by atomic mass is 9.59. The Balaban J connectivity index is 1.85. The summed E-state index contributed by atoms with van der Waals surface area (Å²) in [5, 5.41) is 35.1. The van der Waals surface area contributed by atoms with Gasteiger partial charge < -0.3 is 24.8 Å². The lowest BCUT2D eigenvalue weighted by molar-refractivity contribution is -0.192. The van der Waals surface area contributed by atoms with Gasteiger partial charge in [-0.2, -0.15) is 0 Å². The number of esters is 2. The van der Waals surface area contributed by atoms with E-state index in [4.69, 9.17) is 9.47 Å². The molecule has 4 rings (SSSR count). The van der Waals surface area contributed by atoms with E-state index in [1.54, 1.807) is 26.0 Å². The van der Waals surface area contributed by atoms with Crippen LogP contribution in [0.3, 0.4) is 0 Å². The molecule has 2 saturated carbocycles. The number of Topliss-reactive ketones (excluding diaryl/α,β-unsaturated/α-hetero) is 1. The molecule has 0 aromatic rings. The van der Waals surface area contributed by atoms with Crippen LogP contribution in [0.2, 0.25) is 0 Å². The van der Waals surface area contributed by atoms with Gasteiger partial charge in [0.1, 0.15) is 30.0 Å². The van der Waals surface area contributed by atoms with Crippen LogP contribution >= 0.6 is 0 Å². The highest BCUT2D eigenvalue weighted by Gasteiger charge is 2.83. The fraction of sp³-hybridized carbons (Fsp3) is 0.767. The quantitative estimate of drug-likeness (QED) is 0.337. The first-order valence-corrected chi connectivity index (χ1v) is 14.0. The van der Waals surface area contributed by atoms with Gasteiger partial charge in [0.15, 0.2) is 5.78 Å². The summed E-state index contributed by atoms with van der Waals surface area (Å²) in [6.45, 7) is 14.5. The predicted molar refractivity (Wildman–Crippen MR) is 139 cm³/mol. The Morgan fingerprint density at radius 3 is 2.37 bits per heavy atom. The Morgan fingerprint density at radius 2 is 1.79 bits per heavy atom. The van der Waals surface area contributed by atoms with E-state index < -0.39 is 58.0 Å². The zero-order valence-corrected chi connectivity index (χ0v) is 23.9. The Hall–Kier alpha value is -2.03. The van der Waals surface area contributed by atoms with Crippen molar-refractivity contribution in [3.8, 4) is 0 Å². The molecule has 0 aliphatic heterocycles. The molecule has 2 bridgehead atoms. The highest BCUT2D eigenvalue weighted by Crippen LogP contribution is 2.75. The van der Waals surface area contributed by atoms with E-state index in [1.807, 2.05) is 41.5 Å². The van der Waals surface area contributed by atoms with E-state index in [-0.39, 0.29) is 42.2 Å². The van der Waals surface area contributed by atoms with Crippen LogP contribution in [0, 0.1) is 40.4 Å². The maximum Gasteiger partial charge on any atom is 0.309 e. The van der Waals surface area contributed by atoms with Gasteiger partial charge in [-0.05, 0) is 42.7 Å². The van der Waals surface area contributed by atoms with Gasteiger partial charge in [0.05, 0.1) is 11.3 Å².